The predicted molar refractivity (Wildman–Crippen MR) is 115 cm³/mol. The summed E-state index contributed by atoms with van der Waals surface area (Å²) in [6.45, 7) is 3.24. The maximum Gasteiger partial charge on any atom is 0.419 e. The van der Waals surface area contributed by atoms with Crippen LogP contribution in [0.3, 0.4) is 0 Å². The Hall–Kier alpha value is -2.43. The number of piperazine rings is 1. The van der Waals surface area contributed by atoms with Crippen molar-refractivity contribution in [2.75, 3.05) is 26.2 Å². The third-order valence-electron chi connectivity index (χ3n) is 5.19. The first-order valence-corrected chi connectivity index (χ1v) is 11.7. The van der Waals surface area contributed by atoms with Crippen molar-refractivity contribution in [3.05, 3.63) is 63.1 Å². The fourth-order valence-corrected chi connectivity index (χ4v) is 5.43. The monoisotopic (exact) mass is 493 g/mol. The third kappa shape index (κ3) is 3.70. The number of nitrogens with zero attached hydrogens (tertiary/aromatic N) is 3. The van der Waals surface area contributed by atoms with Gasteiger partial charge in [-0.05, 0) is 37.3 Å². The molecule has 0 radical (unpaired) electrons. The zero-order chi connectivity index (χ0) is 21.5. The fourth-order valence-electron chi connectivity index (χ4n) is 3.59. The van der Waals surface area contributed by atoms with Crippen LogP contribution in [0.2, 0.25) is 0 Å². The smallest absolute Gasteiger partial charge is 0.408 e. The lowest BCUT2D eigenvalue weighted by Gasteiger charge is -2.34. The maximum atomic E-state index is 13.1. The van der Waals surface area contributed by atoms with E-state index in [9.17, 15) is 18.0 Å². The molecule has 10 heteroatoms. The first-order valence-electron chi connectivity index (χ1n) is 9.49. The van der Waals surface area contributed by atoms with Crippen LogP contribution in [-0.2, 0) is 16.6 Å². The van der Waals surface area contributed by atoms with E-state index >= 15 is 0 Å². The van der Waals surface area contributed by atoms with Gasteiger partial charge in [-0.25, -0.2) is 13.2 Å². The van der Waals surface area contributed by atoms with E-state index in [1.165, 1.54) is 21.0 Å². The van der Waals surface area contributed by atoms with Crippen LogP contribution in [0.4, 0.5) is 0 Å². The molecule has 30 heavy (non-hydrogen) atoms. The standard InChI is InChI=1S/C20H20BrN3O5S/c1-2-24-17-7-6-16(13-18(17)29-20(24)26)30(27,28)23-10-8-22(9-11-23)19(25)14-4-3-5-15(21)12-14/h3-7,12-13H,2,8-11H2,1H3. The van der Waals surface area contributed by atoms with Gasteiger partial charge in [0.1, 0.15) is 0 Å². The number of rotatable bonds is 4. The summed E-state index contributed by atoms with van der Waals surface area (Å²) in [4.78, 5) is 26.3. The summed E-state index contributed by atoms with van der Waals surface area (Å²) >= 11 is 3.36. The van der Waals surface area contributed by atoms with Gasteiger partial charge in [-0.1, -0.05) is 22.0 Å². The molecule has 4 rings (SSSR count). The van der Waals surface area contributed by atoms with Gasteiger partial charge in [0.25, 0.3) is 5.91 Å². The molecule has 158 valence electrons. The van der Waals surface area contributed by atoms with E-state index in [1.54, 1.807) is 29.2 Å². The Morgan fingerprint density at radius 2 is 1.83 bits per heavy atom. The van der Waals surface area contributed by atoms with E-state index in [0.717, 1.165) is 4.47 Å². The molecule has 1 saturated heterocycles. The van der Waals surface area contributed by atoms with Crippen LogP contribution in [0.1, 0.15) is 17.3 Å². The van der Waals surface area contributed by atoms with Crippen molar-refractivity contribution in [2.45, 2.75) is 18.4 Å². The second kappa shape index (κ2) is 8.01. The third-order valence-corrected chi connectivity index (χ3v) is 7.58. The molecule has 1 aromatic heterocycles. The molecular weight excluding hydrogens is 474 g/mol. The van der Waals surface area contributed by atoms with E-state index < -0.39 is 15.8 Å². The summed E-state index contributed by atoms with van der Waals surface area (Å²) in [5.74, 6) is -0.640. The molecule has 0 aliphatic carbocycles. The number of oxazole rings is 1. The van der Waals surface area contributed by atoms with Gasteiger partial charge in [-0.2, -0.15) is 4.31 Å². The molecule has 3 aromatic rings. The molecular formula is C20H20BrN3O5S. The number of carbonyl (C=O) groups excluding carboxylic acids is 1. The van der Waals surface area contributed by atoms with Gasteiger partial charge >= 0.3 is 5.76 Å². The summed E-state index contributed by atoms with van der Waals surface area (Å²) in [7, 11) is -3.77. The molecule has 1 fully saturated rings. The van der Waals surface area contributed by atoms with E-state index in [1.807, 2.05) is 13.0 Å². The number of benzene rings is 2. The second-order valence-corrected chi connectivity index (χ2v) is 9.80. The summed E-state index contributed by atoms with van der Waals surface area (Å²) < 4.78 is 34.9. The predicted octanol–water partition coefficient (Wildman–Crippen LogP) is 2.52. The molecule has 0 atom stereocenters. The second-order valence-electron chi connectivity index (χ2n) is 6.95. The first kappa shape index (κ1) is 20.8. The number of hydrogen-bond acceptors (Lipinski definition) is 5. The number of fused-ring (bicyclic) bond motifs is 1. The van der Waals surface area contributed by atoms with Crippen molar-refractivity contribution in [1.29, 1.82) is 0 Å². The number of amides is 1. The number of aromatic nitrogens is 1. The van der Waals surface area contributed by atoms with Crippen LogP contribution in [0.25, 0.3) is 11.1 Å². The molecule has 8 nitrogen and oxygen atoms in total. The average molecular weight is 494 g/mol. The van der Waals surface area contributed by atoms with Crippen molar-refractivity contribution in [3.8, 4) is 0 Å². The van der Waals surface area contributed by atoms with Gasteiger partial charge < -0.3 is 9.32 Å². The highest BCUT2D eigenvalue weighted by Gasteiger charge is 2.31. The molecule has 2 heterocycles. The van der Waals surface area contributed by atoms with Crippen LogP contribution >= 0.6 is 15.9 Å². The van der Waals surface area contributed by atoms with E-state index in [-0.39, 0.29) is 29.5 Å². The van der Waals surface area contributed by atoms with Crippen molar-refractivity contribution in [1.82, 2.24) is 13.8 Å². The molecule has 0 spiro atoms. The SMILES string of the molecule is CCn1c(=O)oc2cc(S(=O)(=O)N3CCN(C(=O)c4cccc(Br)c4)CC3)ccc21. The maximum absolute atomic E-state index is 13.1. The lowest BCUT2D eigenvalue weighted by atomic mass is 10.2. The van der Waals surface area contributed by atoms with Crippen molar-refractivity contribution in [2.24, 2.45) is 0 Å². The zero-order valence-electron chi connectivity index (χ0n) is 16.2. The minimum absolute atomic E-state index is 0.0683. The van der Waals surface area contributed by atoms with E-state index in [0.29, 0.717) is 30.7 Å². The Bertz CT molecular complexity index is 1270. The molecule has 1 amide bonds. The molecule has 1 aliphatic rings. The van der Waals surface area contributed by atoms with Crippen LogP contribution < -0.4 is 5.76 Å². The quantitative estimate of drug-likeness (QED) is 0.556. The van der Waals surface area contributed by atoms with Gasteiger partial charge in [-0.3, -0.25) is 9.36 Å². The number of hydrogen-bond donors (Lipinski definition) is 0. The molecule has 0 bridgehead atoms. The van der Waals surface area contributed by atoms with Crippen LogP contribution in [0.5, 0.6) is 0 Å². The Morgan fingerprint density at radius 1 is 1.10 bits per heavy atom. The molecule has 0 N–H and O–H groups in total. The highest BCUT2D eigenvalue weighted by Crippen LogP contribution is 2.23. The number of aryl methyl sites for hydroxylation is 1. The van der Waals surface area contributed by atoms with Gasteiger partial charge in [0.2, 0.25) is 10.0 Å². The normalized spacial score (nSPS) is 15.6. The minimum Gasteiger partial charge on any atom is -0.408 e. The van der Waals surface area contributed by atoms with Crippen molar-refractivity contribution < 1.29 is 17.6 Å². The fraction of sp³-hybridized carbons (Fsp3) is 0.300. The van der Waals surface area contributed by atoms with Gasteiger partial charge in [-0.15, -0.1) is 0 Å². The van der Waals surface area contributed by atoms with Gasteiger partial charge in [0, 0.05) is 48.8 Å². The lowest BCUT2D eigenvalue weighted by molar-refractivity contribution is 0.0698. The molecule has 1 aliphatic heterocycles. The van der Waals surface area contributed by atoms with Crippen LogP contribution in [0.15, 0.2) is 61.0 Å². The average Bonchev–Trinajstić information content (AvgIpc) is 3.07. The van der Waals surface area contributed by atoms with Crippen LogP contribution in [-0.4, -0.2) is 54.3 Å². The number of carbonyl (C=O) groups is 1. The van der Waals surface area contributed by atoms with Gasteiger partial charge in [0.05, 0.1) is 10.4 Å². The topological polar surface area (TPSA) is 92.8 Å². The largest absolute Gasteiger partial charge is 0.419 e. The molecule has 0 unspecified atom stereocenters. The first-order chi connectivity index (χ1) is 14.3. The highest BCUT2D eigenvalue weighted by molar-refractivity contribution is 9.10. The summed E-state index contributed by atoms with van der Waals surface area (Å²) in [6, 6.07) is 11.6. The Labute approximate surface area is 181 Å². The summed E-state index contributed by atoms with van der Waals surface area (Å²) in [5, 5.41) is 0. The summed E-state index contributed by atoms with van der Waals surface area (Å²) in [5.41, 5.74) is 1.36. The van der Waals surface area contributed by atoms with Crippen molar-refractivity contribution >= 4 is 43.0 Å². The highest BCUT2D eigenvalue weighted by atomic mass is 79.9. The Balaban J connectivity index is 1.52. The number of sulfonamides is 1. The minimum atomic E-state index is -3.77. The Kier molecular flexibility index (Phi) is 5.56. The van der Waals surface area contributed by atoms with E-state index in [4.69, 9.17) is 4.42 Å². The van der Waals surface area contributed by atoms with Gasteiger partial charge in [0.15, 0.2) is 5.58 Å². The molecule has 0 saturated carbocycles. The molecule has 2 aromatic carbocycles. The summed E-state index contributed by atoms with van der Waals surface area (Å²) in [6.07, 6.45) is 0. The lowest BCUT2D eigenvalue weighted by Crippen LogP contribution is -2.50. The Morgan fingerprint density at radius 3 is 2.50 bits per heavy atom. The van der Waals surface area contributed by atoms with E-state index in [2.05, 4.69) is 15.9 Å². The number of halogens is 1. The van der Waals surface area contributed by atoms with Crippen LogP contribution in [0, 0.1) is 0 Å². The van der Waals surface area contributed by atoms with Crippen molar-refractivity contribution in [3.63, 3.8) is 0 Å². The zero-order valence-corrected chi connectivity index (χ0v) is 18.6.